The van der Waals surface area contributed by atoms with E-state index < -0.39 is 0 Å². The van der Waals surface area contributed by atoms with Gasteiger partial charge in [-0.15, -0.1) is 11.3 Å². The van der Waals surface area contributed by atoms with Gasteiger partial charge in [0.25, 0.3) is 0 Å². The van der Waals surface area contributed by atoms with Crippen LogP contribution in [0.3, 0.4) is 0 Å². The predicted molar refractivity (Wildman–Crippen MR) is 87.9 cm³/mol. The van der Waals surface area contributed by atoms with Crippen molar-refractivity contribution >= 4 is 23.2 Å². The van der Waals surface area contributed by atoms with Gasteiger partial charge in [-0.3, -0.25) is 9.59 Å². The molecule has 23 heavy (non-hydrogen) atoms. The van der Waals surface area contributed by atoms with Crippen LogP contribution in [0.1, 0.15) is 43.1 Å². The van der Waals surface area contributed by atoms with Gasteiger partial charge in [0.05, 0.1) is 18.4 Å². The Morgan fingerprint density at radius 3 is 3.17 bits per heavy atom. The number of piperidine rings is 1. The molecule has 2 amide bonds. The molecule has 1 saturated heterocycles. The smallest absolute Gasteiger partial charge is 0.222 e. The van der Waals surface area contributed by atoms with E-state index >= 15 is 0 Å². The maximum absolute atomic E-state index is 12.4. The van der Waals surface area contributed by atoms with Gasteiger partial charge >= 0.3 is 0 Å². The second-order valence-corrected chi connectivity index (χ2v) is 6.82. The fourth-order valence-electron chi connectivity index (χ4n) is 2.86. The maximum Gasteiger partial charge on any atom is 0.222 e. The van der Waals surface area contributed by atoms with Crippen molar-refractivity contribution in [2.45, 2.75) is 44.3 Å². The largest absolute Gasteiger partial charge is 0.351 e. The quantitative estimate of drug-likeness (QED) is 0.879. The fraction of sp³-hybridized carbons (Fsp3) is 0.438. The van der Waals surface area contributed by atoms with E-state index in [0.717, 1.165) is 4.88 Å². The lowest BCUT2D eigenvalue weighted by Crippen LogP contribution is -2.50. The minimum atomic E-state index is -0.135. The number of nitrogens with zero attached hydrogens (tertiary/aromatic N) is 2. The Hall–Kier alpha value is -2.15. The summed E-state index contributed by atoms with van der Waals surface area (Å²) < 4.78 is 1.92. The van der Waals surface area contributed by atoms with E-state index in [-0.39, 0.29) is 29.9 Å². The third-order valence-corrected chi connectivity index (χ3v) is 5.07. The van der Waals surface area contributed by atoms with Gasteiger partial charge in [0.1, 0.15) is 0 Å². The average Bonchev–Trinajstić information content (AvgIpc) is 3.22. The van der Waals surface area contributed by atoms with Crippen LogP contribution in [0.5, 0.6) is 0 Å². The van der Waals surface area contributed by atoms with Gasteiger partial charge in [0.15, 0.2) is 0 Å². The van der Waals surface area contributed by atoms with E-state index in [2.05, 4.69) is 15.6 Å². The van der Waals surface area contributed by atoms with E-state index in [1.807, 2.05) is 35.2 Å². The zero-order chi connectivity index (χ0) is 16.2. The van der Waals surface area contributed by atoms with Crippen molar-refractivity contribution in [2.24, 2.45) is 0 Å². The molecule has 6 nitrogen and oxygen atoms in total. The van der Waals surface area contributed by atoms with Gasteiger partial charge in [0.2, 0.25) is 11.8 Å². The highest BCUT2D eigenvalue weighted by Gasteiger charge is 2.31. The summed E-state index contributed by atoms with van der Waals surface area (Å²) in [5, 5.41) is 8.07. The van der Waals surface area contributed by atoms with E-state index in [1.54, 1.807) is 23.9 Å². The Bertz CT molecular complexity index is 654. The second-order valence-electron chi connectivity index (χ2n) is 5.84. The summed E-state index contributed by atoms with van der Waals surface area (Å²) in [7, 11) is 0. The Balaban J connectivity index is 1.63. The minimum Gasteiger partial charge on any atom is -0.351 e. The molecule has 0 aliphatic carbocycles. The maximum atomic E-state index is 12.4. The number of hydrogen-bond donors (Lipinski definition) is 2. The van der Waals surface area contributed by atoms with Crippen molar-refractivity contribution in [1.29, 1.82) is 0 Å². The molecule has 0 bridgehead atoms. The standard InChI is InChI=1S/C16H20N4O2S/c1-11(20-7-6-17-10-20)9-15(22)18-12-4-5-14(21)19-16(12)13-3-2-8-23-13/h2-3,6-8,10-12,16H,4-5,9H2,1H3,(H,18,22)(H,19,21)/t11?,12-,16-/m1/s1. The molecular formula is C16H20N4O2S. The number of carbonyl (C=O) groups excluding carboxylic acids is 2. The van der Waals surface area contributed by atoms with Gasteiger partial charge in [-0.25, -0.2) is 4.98 Å². The van der Waals surface area contributed by atoms with Gasteiger partial charge in [-0.05, 0) is 24.8 Å². The average molecular weight is 332 g/mol. The first-order valence-electron chi connectivity index (χ1n) is 7.73. The molecule has 7 heteroatoms. The molecule has 3 heterocycles. The number of thiophene rings is 1. The third-order valence-electron chi connectivity index (χ3n) is 4.11. The molecule has 122 valence electrons. The highest BCUT2D eigenvalue weighted by Crippen LogP contribution is 2.27. The Kier molecular flexibility index (Phi) is 4.76. The first-order valence-corrected chi connectivity index (χ1v) is 8.61. The van der Waals surface area contributed by atoms with Crippen LogP contribution in [0, 0.1) is 0 Å². The normalized spacial score (nSPS) is 22.4. The van der Waals surface area contributed by atoms with E-state index in [4.69, 9.17) is 0 Å². The van der Waals surface area contributed by atoms with Gasteiger partial charge < -0.3 is 15.2 Å². The summed E-state index contributed by atoms with van der Waals surface area (Å²) in [5.74, 6) is 0.0367. The zero-order valence-electron chi connectivity index (χ0n) is 12.9. The molecule has 2 aromatic rings. The van der Waals surface area contributed by atoms with Crippen LogP contribution in [0.2, 0.25) is 0 Å². The number of carbonyl (C=O) groups is 2. The van der Waals surface area contributed by atoms with Gasteiger partial charge in [0, 0.05) is 36.2 Å². The molecule has 0 aromatic carbocycles. The Morgan fingerprint density at radius 2 is 2.48 bits per heavy atom. The summed E-state index contributed by atoms with van der Waals surface area (Å²) >= 11 is 1.60. The number of imidazole rings is 1. The highest BCUT2D eigenvalue weighted by molar-refractivity contribution is 7.10. The molecule has 3 rings (SSSR count). The first-order chi connectivity index (χ1) is 11.1. The SMILES string of the molecule is CC(CC(=O)N[C@@H]1CCC(=O)N[C@H]1c1cccs1)n1ccnc1. The molecule has 0 radical (unpaired) electrons. The van der Waals surface area contributed by atoms with Crippen molar-refractivity contribution in [2.75, 3.05) is 0 Å². The van der Waals surface area contributed by atoms with Crippen LogP contribution >= 0.6 is 11.3 Å². The third kappa shape index (κ3) is 3.79. The number of aromatic nitrogens is 2. The second kappa shape index (κ2) is 6.95. The Labute approximate surface area is 138 Å². The van der Waals surface area contributed by atoms with Crippen molar-refractivity contribution in [1.82, 2.24) is 20.2 Å². The van der Waals surface area contributed by atoms with Crippen LogP contribution in [-0.2, 0) is 9.59 Å². The molecule has 2 N–H and O–H groups in total. The van der Waals surface area contributed by atoms with Crippen molar-refractivity contribution in [3.63, 3.8) is 0 Å². The molecule has 1 aliphatic heterocycles. The molecule has 0 spiro atoms. The lowest BCUT2D eigenvalue weighted by Gasteiger charge is -2.32. The van der Waals surface area contributed by atoms with Crippen molar-refractivity contribution < 1.29 is 9.59 Å². The molecule has 3 atom stereocenters. The molecule has 1 fully saturated rings. The van der Waals surface area contributed by atoms with Crippen LogP contribution < -0.4 is 10.6 Å². The van der Waals surface area contributed by atoms with Gasteiger partial charge in [-0.2, -0.15) is 0 Å². The monoisotopic (exact) mass is 332 g/mol. The highest BCUT2D eigenvalue weighted by atomic mass is 32.1. The molecule has 0 saturated carbocycles. The topological polar surface area (TPSA) is 76.0 Å². The summed E-state index contributed by atoms with van der Waals surface area (Å²) in [4.78, 5) is 29.1. The van der Waals surface area contributed by atoms with Crippen molar-refractivity contribution in [3.8, 4) is 0 Å². The Morgan fingerprint density at radius 1 is 1.61 bits per heavy atom. The minimum absolute atomic E-state index is 0.00564. The molecule has 1 aliphatic rings. The molecule has 1 unspecified atom stereocenters. The molecular weight excluding hydrogens is 312 g/mol. The fourth-order valence-corrected chi connectivity index (χ4v) is 3.70. The number of hydrogen-bond acceptors (Lipinski definition) is 4. The first kappa shape index (κ1) is 15.7. The lowest BCUT2D eigenvalue weighted by molar-refractivity contribution is -0.127. The van der Waals surface area contributed by atoms with E-state index in [0.29, 0.717) is 19.3 Å². The van der Waals surface area contributed by atoms with E-state index in [9.17, 15) is 9.59 Å². The number of nitrogens with one attached hydrogen (secondary N) is 2. The number of rotatable bonds is 5. The number of amides is 2. The van der Waals surface area contributed by atoms with Crippen LogP contribution in [0.15, 0.2) is 36.2 Å². The van der Waals surface area contributed by atoms with Crippen LogP contribution in [-0.4, -0.2) is 27.4 Å². The van der Waals surface area contributed by atoms with E-state index in [1.165, 1.54) is 0 Å². The lowest BCUT2D eigenvalue weighted by atomic mass is 9.96. The van der Waals surface area contributed by atoms with Crippen LogP contribution in [0.25, 0.3) is 0 Å². The summed E-state index contributed by atoms with van der Waals surface area (Å²) in [6.07, 6.45) is 6.78. The van der Waals surface area contributed by atoms with Crippen molar-refractivity contribution in [3.05, 3.63) is 41.1 Å². The molecule has 2 aromatic heterocycles. The van der Waals surface area contributed by atoms with Gasteiger partial charge in [-0.1, -0.05) is 6.07 Å². The zero-order valence-corrected chi connectivity index (χ0v) is 13.8. The summed E-state index contributed by atoms with van der Waals surface area (Å²) in [6, 6.07) is 3.81. The summed E-state index contributed by atoms with van der Waals surface area (Å²) in [5.41, 5.74) is 0. The predicted octanol–water partition coefficient (Wildman–Crippen LogP) is 2.03. The van der Waals surface area contributed by atoms with Crippen LogP contribution in [0.4, 0.5) is 0 Å². The summed E-state index contributed by atoms with van der Waals surface area (Å²) in [6.45, 7) is 1.99.